The smallest absolute Gasteiger partial charge is 0.252 e. The number of hydrogen-bond acceptors (Lipinski definition) is 3. The Kier molecular flexibility index (Phi) is 6.63. The van der Waals surface area contributed by atoms with Crippen LogP contribution in [0.4, 0.5) is 0 Å². The molecular formula is C25H24Cl2N2O2. The SMILES string of the molecule is CN1C(=O)[C@@H](Cc2ccc(CN)cc2)O[C@H](c2ccc(Cl)cc2)[C@@H]1c1ccc(Cl)cc1. The first kappa shape index (κ1) is 21.8. The number of benzene rings is 3. The van der Waals surface area contributed by atoms with Crippen LogP contribution >= 0.6 is 23.2 Å². The lowest BCUT2D eigenvalue weighted by Gasteiger charge is -2.43. The Bertz CT molecular complexity index is 1040. The number of nitrogens with zero attached hydrogens (tertiary/aromatic N) is 1. The van der Waals surface area contributed by atoms with Crippen molar-refractivity contribution >= 4 is 29.1 Å². The highest BCUT2D eigenvalue weighted by atomic mass is 35.5. The highest BCUT2D eigenvalue weighted by Gasteiger charge is 2.42. The molecule has 0 aliphatic carbocycles. The van der Waals surface area contributed by atoms with E-state index in [1.165, 1.54) is 0 Å². The Hall–Kier alpha value is -2.37. The molecule has 0 aromatic heterocycles. The largest absolute Gasteiger partial charge is 0.358 e. The van der Waals surface area contributed by atoms with E-state index >= 15 is 0 Å². The summed E-state index contributed by atoms with van der Waals surface area (Å²) in [4.78, 5) is 15.1. The van der Waals surface area contributed by atoms with Crippen molar-refractivity contribution in [3.63, 3.8) is 0 Å². The Balaban J connectivity index is 1.67. The van der Waals surface area contributed by atoms with Crippen LogP contribution in [-0.4, -0.2) is 24.0 Å². The number of carbonyl (C=O) groups excluding carboxylic acids is 1. The van der Waals surface area contributed by atoms with Crippen LogP contribution in [-0.2, 0) is 22.5 Å². The van der Waals surface area contributed by atoms with Crippen molar-refractivity contribution in [2.75, 3.05) is 7.05 Å². The molecule has 1 aliphatic heterocycles. The molecule has 4 nitrogen and oxygen atoms in total. The molecule has 0 unspecified atom stereocenters. The van der Waals surface area contributed by atoms with Crippen molar-refractivity contribution in [2.45, 2.75) is 31.2 Å². The molecule has 3 atom stereocenters. The number of nitrogens with two attached hydrogens (primary N) is 1. The Morgan fingerprint density at radius 2 is 1.35 bits per heavy atom. The van der Waals surface area contributed by atoms with Gasteiger partial charge in [-0.2, -0.15) is 0 Å². The third-order valence-electron chi connectivity index (χ3n) is 5.73. The van der Waals surface area contributed by atoms with E-state index in [1.807, 2.05) is 79.8 Å². The number of morpholine rings is 1. The minimum absolute atomic E-state index is 0.0481. The monoisotopic (exact) mass is 454 g/mol. The van der Waals surface area contributed by atoms with E-state index in [0.717, 1.165) is 22.3 Å². The van der Waals surface area contributed by atoms with Gasteiger partial charge in [-0.3, -0.25) is 4.79 Å². The molecule has 1 saturated heterocycles. The zero-order chi connectivity index (χ0) is 22.0. The van der Waals surface area contributed by atoms with E-state index in [4.69, 9.17) is 33.7 Å². The van der Waals surface area contributed by atoms with Crippen molar-refractivity contribution in [1.82, 2.24) is 4.90 Å². The zero-order valence-corrected chi connectivity index (χ0v) is 18.7. The summed E-state index contributed by atoms with van der Waals surface area (Å²) >= 11 is 12.2. The normalized spacial score (nSPS) is 21.4. The molecule has 3 aromatic carbocycles. The third kappa shape index (κ3) is 4.78. The third-order valence-corrected chi connectivity index (χ3v) is 6.23. The van der Waals surface area contributed by atoms with Gasteiger partial charge >= 0.3 is 0 Å². The van der Waals surface area contributed by atoms with Crippen LogP contribution in [0.25, 0.3) is 0 Å². The van der Waals surface area contributed by atoms with E-state index in [-0.39, 0.29) is 18.1 Å². The highest BCUT2D eigenvalue weighted by molar-refractivity contribution is 6.30. The van der Waals surface area contributed by atoms with E-state index in [1.54, 1.807) is 4.90 Å². The number of rotatable bonds is 5. The molecule has 1 fully saturated rings. The maximum atomic E-state index is 13.3. The summed E-state index contributed by atoms with van der Waals surface area (Å²) < 4.78 is 6.46. The second-order valence-corrected chi connectivity index (χ2v) is 8.64. The topological polar surface area (TPSA) is 55.6 Å². The quantitative estimate of drug-likeness (QED) is 0.566. The predicted molar refractivity (Wildman–Crippen MR) is 124 cm³/mol. The van der Waals surface area contributed by atoms with Gasteiger partial charge in [0.1, 0.15) is 12.2 Å². The summed E-state index contributed by atoms with van der Waals surface area (Å²) in [6, 6.07) is 22.8. The molecule has 0 bridgehead atoms. The lowest BCUT2D eigenvalue weighted by molar-refractivity contribution is -0.171. The van der Waals surface area contributed by atoms with Crippen LogP contribution < -0.4 is 5.73 Å². The number of hydrogen-bond donors (Lipinski definition) is 1. The van der Waals surface area contributed by atoms with Crippen LogP contribution in [0.1, 0.15) is 34.4 Å². The molecule has 2 N–H and O–H groups in total. The van der Waals surface area contributed by atoms with Crippen LogP contribution in [0.15, 0.2) is 72.8 Å². The lowest BCUT2D eigenvalue weighted by Crippen LogP contribution is -2.49. The van der Waals surface area contributed by atoms with Crippen molar-refractivity contribution < 1.29 is 9.53 Å². The van der Waals surface area contributed by atoms with Crippen molar-refractivity contribution in [3.05, 3.63) is 105 Å². The van der Waals surface area contributed by atoms with E-state index in [2.05, 4.69) is 0 Å². The van der Waals surface area contributed by atoms with Gasteiger partial charge in [0.15, 0.2) is 0 Å². The lowest BCUT2D eigenvalue weighted by atomic mass is 9.91. The Labute approximate surface area is 192 Å². The molecule has 4 rings (SSSR count). The van der Waals surface area contributed by atoms with Gasteiger partial charge in [0, 0.05) is 30.1 Å². The first-order valence-electron chi connectivity index (χ1n) is 10.2. The summed E-state index contributed by atoms with van der Waals surface area (Å²) in [6.45, 7) is 0.489. The molecule has 31 heavy (non-hydrogen) atoms. The molecule has 0 radical (unpaired) electrons. The first-order chi connectivity index (χ1) is 15.0. The van der Waals surface area contributed by atoms with Crippen LogP contribution in [0.2, 0.25) is 10.0 Å². The molecule has 1 heterocycles. The van der Waals surface area contributed by atoms with Gasteiger partial charge in [0.05, 0.1) is 6.04 Å². The fourth-order valence-electron chi connectivity index (χ4n) is 4.01. The standard InChI is InChI=1S/C25H24Cl2N2O2/c1-29-23(18-6-10-20(26)11-7-18)24(19-8-12-21(27)13-9-19)31-22(25(29)30)14-16-2-4-17(15-28)5-3-16/h2-13,22-24H,14-15,28H2,1H3/t22-,23+,24-/m1/s1. The fraction of sp³-hybridized carbons (Fsp3) is 0.240. The molecule has 3 aromatic rings. The highest BCUT2D eigenvalue weighted by Crippen LogP contribution is 2.42. The summed E-state index contributed by atoms with van der Waals surface area (Å²) in [6.07, 6.45) is -0.432. The molecule has 1 aliphatic rings. The van der Waals surface area contributed by atoms with Gasteiger partial charge < -0.3 is 15.4 Å². The van der Waals surface area contributed by atoms with Crippen LogP contribution in [0, 0.1) is 0 Å². The average molecular weight is 455 g/mol. The van der Waals surface area contributed by atoms with Crippen molar-refractivity contribution in [3.8, 4) is 0 Å². The molecule has 6 heteroatoms. The number of ether oxygens (including phenoxy) is 1. The summed E-state index contributed by atoms with van der Waals surface area (Å²) in [7, 11) is 1.83. The second-order valence-electron chi connectivity index (χ2n) is 7.77. The molecule has 1 amide bonds. The fourth-order valence-corrected chi connectivity index (χ4v) is 4.26. The number of carbonyl (C=O) groups is 1. The number of amides is 1. The maximum absolute atomic E-state index is 13.3. The summed E-state index contributed by atoms with van der Waals surface area (Å²) in [5, 5.41) is 1.31. The summed E-state index contributed by atoms with van der Waals surface area (Å²) in [5.74, 6) is -0.0481. The molecular weight excluding hydrogens is 431 g/mol. The zero-order valence-electron chi connectivity index (χ0n) is 17.2. The van der Waals surface area contributed by atoms with Gasteiger partial charge in [-0.05, 0) is 46.5 Å². The average Bonchev–Trinajstić information content (AvgIpc) is 2.79. The Morgan fingerprint density at radius 3 is 1.90 bits per heavy atom. The van der Waals surface area contributed by atoms with Crippen LogP contribution in [0.5, 0.6) is 0 Å². The van der Waals surface area contributed by atoms with Gasteiger partial charge in [0.2, 0.25) is 0 Å². The first-order valence-corrected chi connectivity index (χ1v) is 10.9. The molecule has 160 valence electrons. The van der Waals surface area contributed by atoms with Crippen molar-refractivity contribution in [1.29, 1.82) is 0 Å². The van der Waals surface area contributed by atoms with E-state index in [9.17, 15) is 4.79 Å². The maximum Gasteiger partial charge on any atom is 0.252 e. The van der Waals surface area contributed by atoms with Gasteiger partial charge in [0.25, 0.3) is 5.91 Å². The Morgan fingerprint density at radius 1 is 0.839 bits per heavy atom. The van der Waals surface area contributed by atoms with Crippen LogP contribution in [0.3, 0.4) is 0 Å². The molecule has 0 spiro atoms. The van der Waals surface area contributed by atoms with E-state index < -0.39 is 6.10 Å². The summed E-state index contributed by atoms with van der Waals surface area (Å²) in [5.41, 5.74) is 9.71. The van der Waals surface area contributed by atoms with Gasteiger partial charge in [-0.1, -0.05) is 71.7 Å². The minimum Gasteiger partial charge on any atom is -0.358 e. The second kappa shape index (κ2) is 9.41. The number of halogens is 2. The van der Waals surface area contributed by atoms with E-state index in [0.29, 0.717) is 23.0 Å². The van der Waals surface area contributed by atoms with Gasteiger partial charge in [-0.25, -0.2) is 0 Å². The van der Waals surface area contributed by atoms with Gasteiger partial charge in [-0.15, -0.1) is 0 Å². The molecule has 0 saturated carbocycles. The van der Waals surface area contributed by atoms with Crippen molar-refractivity contribution in [2.24, 2.45) is 5.73 Å². The minimum atomic E-state index is -0.585. The predicted octanol–water partition coefficient (Wildman–Crippen LogP) is 5.33. The number of likely N-dealkylation sites (N-methyl/N-ethyl adjacent to an activating group) is 1.